The molecule has 0 aromatic carbocycles. The van der Waals surface area contributed by atoms with Crippen molar-refractivity contribution in [2.24, 2.45) is 11.5 Å². The van der Waals surface area contributed by atoms with Crippen LogP contribution in [0.4, 0.5) is 0 Å². The first-order valence-electron chi connectivity index (χ1n) is 21.1. The predicted molar refractivity (Wildman–Crippen MR) is 219 cm³/mol. The number of carbonyl (C=O) groups is 4. The molecule has 0 saturated carbocycles. The quantitative estimate of drug-likeness (QED) is 0.0149. The van der Waals surface area contributed by atoms with E-state index in [1.807, 2.05) is 6.92 Å². The van der Waals surface area contributed by atoms with Crippen LogP contribution in [0.25, 0.3) is 0 Å². The molecule has 14 nitrogen and oxygen atoms in total. The van der Waals surface area contributed by atoms with Gasteiger partial charge in [-0.3, -0.25) is 20.4 Å². The molecule has 316 valence electrons. The van der Waals surface area contributed by atoms with Crippen LogP contribution >= 0.6 is 0 Å². The molecule has 0 aromatic heterocycles. The number of likely N-dealkylation sites (N-methyl/N-ethyl adjacent to an activating group) is 1. The van der Waals surface area contributed by atoms with E-state index in [1.165, 1.54) is 81.9 Å². The Kier molecular flexibility index (Phi) is 36.7. The van der Waals surface area contributed by atoms with Crippen LogP contribution < -0.4 is 27.4 Å². The number of aliphatic carboxylic acids is 1. The molecule has 0 bridgehead atoms. The van der Waals surface area contributed by atoms with E-state index >= 15 is 0 Å². The van der Waals surface area contributed by atoms with Gasteiger partial charge in [-0.05, 0) is 52.4 Å². The molecule has 0 aliphatic heterocycles. The standard InChI is InChI=1S/2C20H40N4O3/c1-3-5-6-7-8-9-10-11-12-15-18(25)24-17(19(26)27-4-2)14-13-16-23-20(21)22;1-3-5-6-7-8-9-10-11-12-15-18(25)24(4-2)17(19(26)27)14-13-16-23-20(21)22/h17H,3-16H2,1-2H3,(H,24,25)(H4,21,22,23);17H,3-16H2,1-2H3,(H,26,27)(H4,21,22,23)/t2*17-/m00/s1. The summed E-state index contributed by atoms with van der Waals surface area (Å²) in [5.41, 5.74) is 10.4. The number of carboxylic acids is 1. The molecule has 0 radical (unpaired) electrons. The third-order valence-corrected chi connectivity index (χ3v) is 9.19. The lowest BCUT2D eigenvalue weighted by Crippen LogP contribution is -2.45. The summed E-state index contributed by atoms with van der Waals surface area (Å²) in [6.07, 6.45) is 24.3. The zero-order chi connectivity index (χ0) is 40.8. The zero-order valence-corrected chi connectivity index (χ0v) is 34.5. The summed E-state index contributed by atoms with van der Waals surface area (Å²) in [6, 6.07) is -1.44. The Balaban J connectivity index is 0. The molecule has 2 atom stereocenters. The topological polar surface area (TPSA) is 237 Å². The normalized spacial score (nSPS) is 11.7. The Morgan fingerprint density at radius 1 is 0.630 bits per heavy atom. The minimum atomic E-state index is -0.972. The van der Waals surface area contributed by atoms with Crippen LogP contribution in [0.5, 0.6) is 0 Å². The van der Waals surface area contributed by atoms with Crippen LogP contribution in [-0.4, -0.2) is 84.0 Å². The summed E-state index contributed by atoms with van der Waals surface area (Å²) in [5, 5.41) is 31.8. The fourth-order valence-corrected chi connectivity index (χ4v) is 6.12. The van der Waals surface area contributed by atoms with Gasteiger partial charge in [-0.1, -0.05) is 117 Å². The largest absolute Gasteiger partial charge is 0.480 e. The van der Waals surface area contributed by atoms with Crippen molar-refractivity contribution >= 4 is 35.7 Å². The van der Waals surface area contributed by atoms with Gasteiger partial charge < -0.3 is 42.2 Å². The second-order valence-corrected chi connectivity index (χ2v) is 14.0. The lowest BCUT2D eigenvalue weighted by Gasteiger charge is -2.28. The highest BCUT2D eigenvalue weighted by atomic mass is 16.5. The maximum absolute atomic E-state index is 12.5. The third kappa shape index (κ3) is 33.0. The van der Waals surface area contributed by atoms with Crippen molar-refractivity contribution in [1.29, 1.82) is 10.8 Å². The maximum Gasteiger partial charge on any atom is 0.328 e. The molecule has 0 rings (SSSR count). The highest BCUT2D eigenvalue weighted by Crippen LogP contribution is 2.15. The van der Waals surface area contributed by atoms with Gasteiger partial charge in [0.15, 0.2) is 11.9 Å². The monoisotopic (exact) mass is 769 g/mol. The van der Waals surface area contributed by atoms with E-state index in [2.05, 4.69) is 29.8 Å². The molecule has 0 unspecified atom stereocenters. The minimum absolute atomic E-state index is 0.0765. The van der Waals surface area contributed by atoms with E-state index in [1.54, 1.807) is 6.92 Å². The van der Waals surface area contributed by atoms with Crippen LogP contribution in [0, 0.1) is 10.8 Å². The molecule has 0 aliphatic carbocycles. The minimum Gasteiger partial charge on any atom is -0.480 e. The van der Waals surface area contributed by atoms with Gasteiger partial charge in [-0.2, -0.15) is 0 Å². The fourth-order valence-electron chi connectivity index (χ4n) is 6.12. The summed E-state index contributed by atoms with van der Waals surface area (Å²) in [7, 11) is 0. The highest BCUT2D eigenvalue weighted by Gasteiger charge is 2.27. The summed E-state index contributed by atoms with van der Waals surface area (Å²) in [4.78, 5) is 49.6. The first-order valence-corrected chi connectivity index (χ1v) is 21.1. The molecule has 0 spiro atoms. The Morgan fingerprint density at radius 3 is 1.46 bits per heavy atom. The Bertz CT molecular complexity index is 999. The second kappa shape index (κ2) is 37.7. The zero-order valence-electron chi connectivity index (χ0n) is 34.5. The smallest absolute Gasteiger partial charge is 0.328 e. The fraction of sp³-hybridized carbons (Fsp3) is 0.850. The molecule has 54 heavy (non-hydrogen) atoms. The van der Waals surface area contributed by atoms with Crippen molar-refractivity contribution < 1.29 is 29.0 Å². The first kappa shape index (κ1) is 52.5. The van der Waals surface area contributed by atoms with Gasteiger partial charge in [-0.15, -0.1) is 0 Å². The van der Waals surface area contributed by atoms with Crippen molar-refractivity contribution in [3.05, 3.63) is 0 Å². The number of nitrogens with one attached hydrogen (secondary N) is 5. The molecular weight excluding hydrogens is 688 g/mol. The highest BCUT2D eigenvalue weighted by molar-refractivity contribution is 5.84. The van der Waals surface area contributed by atoms with Gasteiger partial charge in [0, 0.05) is 32.5 Å². The molecule has 14 heteroatoms. The number of ether oxygens (including phenoxy) is 1. The molecule has 10 N–H and O–H groups in total. The number of amides is 2. The second-order valence-electron chi connectivity index (χ2n) is 14.0. The molecule has 0 fully saturated rings. The number of carbonyl (C=O) groups excluding carboxylic acids is 3. The summed E-state index contributed by atoms with van der Waals surface area (Å²) in [5.74, 6) is -1.78. The van der Waals surface area contributed by atoms with E-state index in [4.69, 9.17) is 27.0 Å². The molecule has 0 aromatic rings. The van der Waals surface area contributed by atoms with Crippen molar-refractivity contribution in [2.75, 3.05) is 26.2 Å². The molecule has 0 aliphatic rings. The van der Waals surface area contributed by atoms with Crippen molar-refractivity contribution in [3.63, 3.8) is 0 Å². The van der Waals surface area contributed by atoms with Gasteiger partial charge in [0.1, 0.15) is 12.1 Å². The SMILES string of the molecule is CCCCCCCCCCCC(=O)N(CC)[C@@H](CCCNC(=N)N)C(=O)O.CCCCCCCCCCCC(=O)N[C@@H](CCCNC(=N)N)C(=O)OCC. The number of unbranched alkanes of at least 4 members (excludes halogenated alkanes) is 16. The van der Waals surface area contributed by atoms with E-state index < -0.39 is 24.0 Å². The average molecular weight is 769 g/mol. The van der Waals surface area contributed by atoms with E-state index in [-0.39, 0.29) is 30.3 Å². The summed E-state index contributed by atoms with van der Waals surface area (Å²) >= 11 is 0. The number of hydrogen-bond donors (Lipinski definition) is 8. The number of hydrogen-bond acceptors (Lipinski definition) is 7. The molecule has 2 amide bonds. The number of rotatable bonds is 34. The maximum atomic E-state index is 12.5. The van der Waals surface area contributed by atoms with Crippen molar-refractivity contribution in [1.82, 2.24) is 20.9 Å². The van der Waals surface area contributed by atoms with Gasteiger partial charge >= 0.3 is 11.9 Å². The average Bonchev–Trinajstić information content (AvgIpc) is 3.12. The van der Waals surface area contributed by atoms with E-state index in [0.29, 0.717) is 58.2 Å². The van der Waals surface area contributed by atoms with Crippen molar-refractivity contribution in [2.45, 2.75) is 194 Å². The van der Waals surface area contributed by atoms with Gasteiger partial charge in [0.2, 0.25) is 11.8 Å². The van der Waals surface area contributed by atoms with Crippen molar-refractivity contribution in [3.8, 4) is 0 Å². The Hall–Kier alpha value is -3.58. The van der Waals surface area contributed by atoms with Crippen LogP contribution in [0.3, 0.4) is 0 Å². The number of esters is 1. The van der Waals surface area contributed by atoms with Gasteiger partial charge in [-0.25, -0.2) is 9.59 Å². The molecular formula is C40H80N8O6. The first-order chi connectivity index (χ1) is 25.9. The van der Waals surface area contributed by atoms with Crippen LogP contribution in [0.1, 0.15) is 182 Å². The lowest BCUT2D eigenvalue weighted by atomic mass is 10.1. The molecule has 0 heterocycles. The number of nitrogens with two attached hydrogens (primary N) is 2. The van der Waals surface area contributed by atoms with E-state index in [0.717, 1.165) is 38.5 Å². The Morgan fingerprint density at radius 2 is 1.06 bits per heavy atom. The summed E-state index contributed by atoms with van der Waals surface area (Å²) < 4.78 is 5.04. The van der Waals surface area contributed by atoms with E-state index in [9.17, 15) is 24.3 Å². The number of nitrogens with zero attached hydrogens (tertiary/aromatic N) is 1. The van der Waals surface area contributed by atoms with Crippen LogP contribution in [0.15, 0.2) is 0 Å². The number of guanidine groups is 2. The van der Waals surface area contributed by atoms with Crippen LogP contribution in [0.2, 0.25) is 0 Å². The third-order valence-electron chi connectivity index (χ3n) is 9.19. The number of carboxylic acid groups (broad SMARTS) is 1. The lowest BCUT2D eigenvalue weighted by molar-refractivity contribution is -0.150. The van der Waals surface area contributed by atoms with Crippen LogP contribution in [-0.2, 0) is 23.9 Å². The molecule has 0 saturated heterocycles. The van der Waals surface area contributed by atoms with Gasteiger partial charge in [0.25, 0.3) is 0 Å². The van der Waals surface area contributed by atoms with Gasteiger partial charge in [0.05, 0.1) is 6.61 Å². The predicted octanol–water partition coefficient (Wildman–Crippen LogP) is 6.69. The summed E-state index contributed by atoms with van der Waals surface area (Å²) in [6.45, 7) is 9.61. The Labute approximate surface area is 327 Å².